The number of ether oxygens (including phenoxy) is 1. The standard InChI is InChI=1S/C23H24N4O2/c1-3-15-29-22-12-9-20(10-13-22)16-26(2)23(28)14-11-21-18-27(25-24-21)17-19-7-5-4-6-8-19/h3-14,18H,1,15-17H2,2H3/b14-11+. The molecule has 29 heavy (non-hydrogen) atoms. The molecule has 1 heterocycles. The van der Waals surface area contributed by atoms with Crippen LogP contribution in [0.25, 0.3) is 6.08 Å². The molecule has 1 amide bonds. The Kier molecular flexibility index (Phi) is 6.95. The summed E-state index contributed by atoms with van der Waals surface area (Å²) in [5.41, 5.74) is 2.81. The summed E-state index contributed by atoms with van der Waals surface area (Å²) in [7, 11) is 1.76. The van der Waals surface area contributed by atoms with Crippen LogP contribution in [0, 0.1) is 0 Å². The molecule has 0 atom stereocenters. The average Bonchev–Trinajstić information content (AvgIpc) is 3.19. The van der Waals surface area contributed by atoms with E-state index in [1.165, 1.54) is 6.08 Å². The molecule has 0 radical (unpaired) electrons. The van der Waals surface area contributed by atoms with Gasteiger partial charge in [-0.25, -0.2) is 4.68 Å². The molecule has 0 bridgehead atoms. The molecule has 0 fully saturated rings. The van der Waals surface area contributed by atoms with Gasteiger partial charge in [0.05, 0.1) is 12.7 Å². The molecule has 0 unspecified atom stereocenters. The van der Waals surface area contributed by atoms with Crippen LogP contribution in [0.5, 0.6) is 5.75 Å². The molecule has 1 aromatic heterocycles. The fraction of sp³-hybridized carbons (Fsp3) is 0.174. The minimum atomic E-state index is -0.102. The number of aromatic nitrogens is 3. The van der Waals surface area contributed by atoms with Crippen molar-refractivity contribution in [2.24, 2.45) is 0 Å². The Hall–Kier alpha value is -3.67. The van der Waals surface area contributed by atoms with Crippen LogP contribution in [-0.2, 0) is 17.9 Å². The van der Waals surface area contributed by atoms with E-state index in [-0.39, 0.29) is 5.91 Å². The molecule has 3 rings (SSSR count). The molecule has 148 valence electrons. The zero-order valence-electron chi connectivity index (χ0n) is 16.4. The maximum Gasteiger partial charge on any atom is 0.246 e. The van der Waals surface area contributed by atoms with Gasteiger partial charge in [0.2, 0.25) is 5.91 Å². The third-order valence-corrected chi connectivity index (χ3v) is 4.23. The van der Waals surface area contributed by atoms with E-state index in [1.807, 2.05) is 60.8 Å². The van der Waals surface area contributed by atoms with Crippen molar-refractivity contribution in [1.82, 2.24) is 19.9 Å². The highest BCUT2D eigenvalue weighted by Crippen LogP contribution is 2.13. The van der Waals surface area contributed by atoms with E-state index < -0.39 is 0 Å². The maximum atomic E-state index is 12.4. The second-order valence-electron chi connectivity index (χ2n) is 6.60. The molecule has 0 aliphatic carbocycles. The summed E-state index contributed by atoms with van der Waals surface area (Å²) in [4.78, 5) is 14.0. The van der Waals surface area contributed by atoms with Crippen molar-refractivity contribution < 1.29 is 9.53 Å². The van der Waals surface area contributed by atoms with Gasteiger partial charge in [-0.15, -0.1) is 5.10 Å². The number of amides is 1. The minimum absolute atomic E-state index is 0.102. The Morgan fingerprint density at radius 3 is 2.62 bits per heavy atom. The van der Waals surface area contributed by atoms with Crippen LogP contribution >= 0.6 is 0 Å². The second-order valence-corrected chi connectivity index (χ2v) is 6.60. The van der Waals surface area contributed by atoms with E-state index in [4.69, 9.17) is 4.74 Å². The van der Waals surface area contributed by atoms with E-state index in [1.54, 1.807) is 28.8 Å². The number of nitrogens with zero attached hydrogens (tertiary/aromatic N) is 4. The maximum absolute atomic E-state index is 12.4. The summed E-state index contributed by atoms with van der Waals surface area (Å²) in [6.45, 7) is 5.24. The van der Waals surface area contributed by atoms with Crippen LogP contribution in [0.4, 0.5) is 0 Å². The molecular formula is C23H24N4O2. The summed E-state index contributed by atoms with van der Waals surface area (Å²) in [6.07, 6.45) is 6.71. The predicted octanol–water partition coefficient (Wildman–Crippen LogP) is 3.56. The molecule has 0 aliphatic rings. The van der Waals surface area contributed by atoms with Gasteiger partial charge >= 0.3 is 0 Å². The van der Waals surface area contributed by atoms with Gasteiger partial charge in [-0.2, -0.15) is 0 Å². The first kappa shape index (κ1) is 20.1. The third kappa shape index (κ3) is 6.17. The Morgan fingerprint density at radius 1 is 1.14 bits per heavy atom. The minimum Gasteiger partial charge on any atom is -0.490 e. The lowest BCUT2D eigenvalue weighted by Gasteiger charge is -2.15. The molecule has 0 aliphatic heterocycles. The Bertz CT molecular complexity index is 962. The molecule has 0 spiro atoms. The predicted molar refractivity (Wildman–Crippen MR) is 113 cm³/mol. The normalized spacial score (nSPS) is 10.8. The Labute approximate surface area is 170 Å². The smallest absolute Gasteiger partial charge is 0.246 e. The van der Waals surface area contributed by atoms with Gasteiger partial charge in [0.15, 0.2) is 0 Å². The second kappa shape index (κ2) is 10.0. The van der Waals surface area contributed by atoms with Gasteiger partial charge in [-0.3, -0.25) is 4.79 Å². The van der Waals surface area contributed by atoms with E-state index >= 15 is 0 Å². The molecule has 2 aromatic carbocycles. The largest absolute Gasteiger partial charge is 0.490 e. The van der Waals surface area contributed by atoms with Crippen molar-refractivity contribution in [2.45, 2.75) is 13.1 Å². The first-order valence-electron chi connectivity index (χ1n) is 9.34. The van der Waals surface area contributed by atoms with Crippen molar-refractivity contribution in [3.8, 4) is 5.75 Å². The molecule has 0 saturated carbocycles. The number of hydrogen-bond donors (Lipinski definition) is 0. The highest BCUT2D eigenvalue weighted by atomic mass is 16.5. The Morgan fingerprint density at radius 2 is 1.90 bits per heavy atom. The number of benzene rings is 2. The van der Waals surface area contributed by atoms with E-state index in [0.717, 1.165) is 16.9 Å². The van der Waals surface area contributed by atoms with Gasteiger partial charge in [-0.1, -0.05) is 60.3 Å². The first-order valence-corrected chi connectivity index (χ1v) is 9.34. The lowest BCUT2D eigenvalue weighted by atomic mass is 10.2. The van der Waals surface area contributed by atoms with Crippen LogP contribution in [0.15, 0.2) is 79.5 Å². The first-order chi connectivity index (χ1) is 14.1. The monoisotopic (exact) mass is 388 g/mol. The summed E-state index contributed by atoms with van der Waals surface area (Å²) in [5, 5.41) is 8.20. The molecule has 0 saturated heterocycles. The summed E-state index contributed by atoms with van der Waals surface area (Å²) < 4.78 is 7.21. The van der Waals surface area contributed by atoms with Gasteiger partial charge in [0.25, 0.3) is 0 Å². The zero-order valence-corrected chi connectivity index (χ0v) is 16.4. The van der Waals surface area contributed by atoms with Crippen molar-refractivity contribution in [3.63, 3.8) is 0 Å². The molecular weight excluding hydrogens is 364 g/mol. The van der Waals surface area contributed by atoms with Crippen LogP contribution in [-0.4, -0.2) is 39.5 Å². The summed E-state index contributed by atoms with van der Waals surface area (Å²) in [5.74, 6) is 0.677. The molecule has 6 nitrogen and oxygen atoms in total. The number of hydrogen-bond acceptors (Lipinski definition) is 4. The quantitative estimate of drug-likeness (QED) is 0.415. The van der Waals surface area contributed by atoms with Gasteiger partial charge in [0.1, 0.15) is 18.1 Å². The van der Waals surface area contributed by atoms with Gasteiger partial charge < -0.3 is 9.64 Å². The number of likely N-dealkylation sites (N-methyl/N-ethyl adjacent to an activating group) is 1. The van der Waals surface area contributed by atoms with Gasteiger partial charge in [0, 0.05) is 19.7 Å². The van der Waals surface area contributed by atoms with Gasteiger partial charge in [-0.05, 0) is 29.3 Å². The van der Waals surface area contributed by atoms with Crippen molar-refractivity contribution in [3.05, 3.63) is 96.3 Å². The summed E-state index contributed by atoms with van der Waals surface area (Å²) in [6, 6.07) is 17.7. The number of rotatable bonds is 9. The number of carbonyl (C=O) groups is 1. The van der Waals surface area contributed by atoms with E-state index in [2.05, 4.69) is 16.9 Å². The van der Waals surface area contributed by atoms with Crippen LogP contribution in [0.1, 0.15) is 16.8 Å². The Balaban J connectivity index is 1.52. The van der Waals surface area contributed by atoms with E-state index in [9.17, 15) is 4.79 Å². The fourth-order valence-electron chi connectivity index (χ4n) is 2.72. The topological polar surface area (TPSA) is 60.2 Å². The van der Waals surface area contributed by atoms with Crippen molar-refractivity contribution in [2.75, 3.05) is 13.7 Å². The molecule has 0 N–H and O–H groups in total. The van der Waals surface area contributed by atoms with Crippen molar-refractivity contribution >= 4 is 12.0 Å². The highest BCUT2D eigenvalue weighted by molar-refractivity contribution is 5.91. The van der Waals surface area contributed by atoms with Crippen LogP contribution in [0.3, 0.4) is 0 Å². The van der Waals surface area contributed by atoms with E-state index in [0.29, 0.717) is 25.4 Å². The van der Waals surface area contributed by atoms with Crippen LogP contribution in [0.2, 0.25) is 0 Å². The number of carbonyl (C=O) groups excluding carboxylic acids is 1. The third-order valence-electron chi connectivity index (χ3n) is 4.23. The summed E-state index contributed by atoms with van der Waals surface area (Å²) >= 11 is 0. The van der Waals surface area contributed by atoms with Crippen LogP contribution < -0.4 is 4.74 Å². The molecule has 6 heteroatoms. The SMILES string of the molecule is C=CCOc1ccc(CN(C)C(=O)/C=C/c2cn(Cc3ccccc3)nn2)cc1. The van der Waals surface area contributed by atoms with Crippen molar-refractivity contribution in [1.29, 1.82) is 0 Å². The lowest BCUT2D eigenvalue weighted by Crippen LogP contribution is -2.24. The highest BCUT2D eigenvalue weighted by Gasteiger charge is 2.07. The zero-order chi connectivity index (χ0) is 20.5. The molecule has 3 aromatic rings. The average molecular weight is 388 g/mol. The lowest BCUT2D eigenvalue weighted by molar-refractivity contribution is -0.125. The fourth-order valence-corrected chi connectivity index (χ4v) is 2.72.